The zero-order valence-corrected chi connectivity index (χ0v) is 19.3. The van der Waals surface area contributed by atoms with Gasteiger partial charge < -0.3 is 24.6 Å². The number of amides is 1. The van der Waals surface area contributed by atoms with Gasteiger partial charge in [-0.2, -0.15) is 0 Å². The van der Waals surface area contributed by atoms with E-state index < -0.39 is 5.97 Å². The summed E-state index contributed by atoms with van der Waals surface area (Å²) in [5.41, 5.74) is 2.43. The Morgan fingerprint density at radius 2 is 1.97 bits per heavy atom. The van der Waals surface area contributed by atoms with E-state index in [1.54, 1.807) is 20.3 Å². The smallest absolute Gasteiger partial charge is 0.307 e. The summed E-state index contributed by atoms with van der Waals surface area (Å²) in [5.74, 6) is 1.02. The number of hydrogen-bond donors (Lipinski definition) is 2. The zero-order chi connectivity index (χ0) is 23.6. The van der Waals surface area contributed by atoms with Crippen molar-refractivity contribution in [3.8, 4) is 17.2 Å². The van der Waals surface area contributed by atoms with Crippen molar-refractivity contribution < 1.29 is 28.9 Å². The summed E-state index contributed by atoms with van der Waals surface area (Å²) in [6, 6.07) is 11.1. The van der Waals surface area contributed by atoms with E-state index in [-0.39, 0.29) is 18.9 Å². The van der Waals surface area contributed by atoms with Crippen LogP contribution in [0.1, 0.15) is 36.0 Å². The number of para-hydroxylation sites is 1. The summed E-state index contributed by atoms with van der Waals surface area (Å²) in [7, 11) is 3.18. The van der Waals surface area contributed by atoms with Crippen LogP contribution in [-0.4, -0.2) is 55.8 Å². The Labute approximate surface area is 194 Å². The molecule has 0 aromatic heterocycles. The fourth-order valence-electron chi connectivity index (χ4n) is 3.98. The molecule has 2 aromatic rings. The molecule has 0 fully saturated rings. The number of rotatable bonds is 6. The molecule has 0 aliphatic carbocycles. The molecule has 0 radical (unpaired) electrons. The summed E-state index contributed by atoms with van der Waals surface area (Å²) in [5, 5.41) is 12.2. The van der Waals surface area contributed by atoms with Crippen LogP contribution >= 0.6 is 0 Å². The highest BCUT2D eigenvalue weighted by atomic mass is 16.5. The lowest BCUT2D eigenvalue weighted by Gasteiger charge is -2.25. The minimum Gasteiger partial charge on any atom is -0.493 e. The van der Waals surface area contributed by atoms with Gasteiger partial charge in [0.15, 0.2) is 11.5 Å². The molecule has 33 heavy (non-hydrogen) atoms. The van der Waals surface area contributed by atoms with E-state index in [0.29, 0.717) is 49.1 Å². The number of carbonyl (C=O) groups excluding carboxylic acids is 1. The first-order chi connectivity index (χ1) is 16.0. The number of benzene rings is 2. The van der Waals surface area contributed by atoms with Gasteiger partial charge in [0, 0.05) is 30.8 Å². The highest BCUT2D eigenvalue weighted by Gasteiger charge is 2.19. The Balaban J connectivity index is 1.94. The molecular formula is C25H32N2O6. The Morgan fingerprint density at radius 3 is 2.73 bits per heavy atom. The van der Waals surface area contributed by atoms with Crippen LogP contribution in [0.2, 0.25) is 0 Å². The van der Waals surface area contributed by atoms with Crippen molar-refractivity contribution in [3.05, 3.63) is 53.1 Å². The van der Waals surface area contributed by atoms with Gasteiger partial charge in [-0.15, -0.1) is 0 Å². The minimum absolute atomic E-state index is 0.0553. The summed E-state index contributed by atoms with van der Waals surface area (Å²) in [6.45, 7) is 2.24. The number of methoxy groups -OCH3 is 2. The molecule has 1 amide bonds. The normalized spacial score (nSPS) is 15.6. The van der Waals surface area contributed by atoms with Crippen LogP contribution in [0.15, 0.2) is 36.4 Å². The SMILES string of the molecule is COc1cccc(CN2CC(=O)NCCCCCOc3ccc(CC(=O)O)cc3C2)c1OC. The molecular weight excluding hydrogens is 424 g/mol. The molecule has 3 rings (SSSR count). The third-order valence-electron chi connectivity index (χ3n) is 5.52. The van der Waals surface area contributed by atoms with Gasteiger partial charge in [-0.3, -0.25) is 14.5 Å². The lowest BCUT2D eigenvalue weighted by molar-refractivity contribution is -0.136. The van der Waals surface area contributed by atoms with Crippen molar-refractivity contribution in [1.82, 2.24) is 10.2 Å². The molecule has 1 aliphatic heterocycles. The van der Waals surface area contributed by atoms with Crippen LogP contribution in [-0.2, 0) is 29.1 Å². The largest absolute Gasteiger partial charge is 0.493 e. The summed E-state index contributed by atoms with van der Waals surface area (Å²) >= 11 is 0. The minimum atomic E-state index is -0.891. The average Bonchev–Trinajstić information content (AvgIpc) is 2.79. The average molecular weight is 457 g/mol. The molecule has 0 bridgehead atoms. The first-order valence-electron chi connectivity index (χ1n) is 11.2. The predicted octanol–water partition coefficient (Wildman–Crippen LogP) is 3.01. The van der Waals surface area contributed by atoms with Crippen LogP contribution in [0.3, 0.4) is 0 Å². The van der Waals surface area contributed by atoms with Gasteiger partial charge >= 0.3 is 5.97 Å². The molecule has 178 valence electrons. The summed E-state index contributed by atoms with van der Waals surface area (Å²) in [4.78, 5) is 25.9. The van der Waals surface area contributed by atoms with Crippen molar-refractivity contribution in [2.45, 2.75) is 38.8 Å². The molecule has 0 atom stereocenters. The van der Waals surface area contributed by atoms with Crippen LogP contribution in [0, 0.1) is 0 Å². The van der Waals surface area contributed by atoms with Crippen LogP contribution < -0.4 is 19.5 Å². The third kappa shape index (κ3) is 7.12. The van der Waals surface area contributed by atoms with Crippen LogP contribution in [0.5, 0.6) is 17.2 Å². The molecule has 8 nitrogen and oxygen atoms in total. The number of fused-ring (bicyclic) bond motifs is 1. The number of nitrogens with one attached hydrogen (secondary N) is 1. The second kappa shape index (κ2) is 12.1. The van der Waals surface area contributed by atoms with E-state index >= 15 is 0 Å². The maximum absolute atomic E-state index is 12.7. The van der Waals surface area contributed by atoms with Gasteiger partial charge in [0.05, 0.1) is 33.8 Å². The number of hydrogen-bond acceptors (Lipinski definition) is 6. The zero-order valence-electron chi connectivity index (χ0n) is 19.3. The van der Waals surface area contributed by atoms with Crippen LogP contribution in [0.4, 0.5) is 0 Å². The highest BCUT2D eigenvalue weighted by Crippen LogP contribution is 2.32. The Hall–Kier alpha value is -3.26. The van der Waals surface area contributed by atoms with E-state index in [1.807, 2.05) is 35.2 Å². The van der Waals surface area contributed by atoms with E-state index in [2.05, 4.69) is 5.32 Å². The number of aliphatic carboxylic acids is 1. The maximum atomic E-state index is 12.7. The van der Waals surface area contributed by atoms with Crippen molar-refractivity contribution in [2.24, 2.45) is 0 Å². The van der Waals surface area contributed by atoms with Gasteiger partial charge in [0.25, 0.3) is 0 Å². The quantitative estimate of drug-likeness (QED) is 0.690. The molecule has 2 N–H and O–H groups in total. The number of nitrogens with zero attached hydrogens (tertiary/aromatic N) is 1. The van der Waals surface area contributed by atoms with Crippen molar-refractivity contribution in [2.75, 3.05) is 33.9 Å². The first kappa shape index (κ1) is 24.4. The van der Waals surface area contributed by atoms with Gasteiger partial charge in [0.1, 0.15) is 5.75 Å². The topological polar surface area (TPSA) is 97.3 Å². The second-order valence-electron chi connectivity index (χ2n) is 8.07. The molecule has 0 unspecified atom stereocenters. The standard InChI is InChI=1S/C25H32N2O6/c1-31-22-8-6-7-19(25(22)32-2)15-27-16-20-13-18(14-24(29)30)9-10-21(20)33-12-5-3-4-11-26-23(28)17-27/h6-10,13H,3-5,11-12,14-17H2,1-2H3,(H,26,28)(H,29,30). The van der Waals surface area contributed by atoms with Gasteiger partial charge in [-0.1, -0.05) is 24.3 Å². The van der Waals surface area contributed by atoms with Crippen molar-refractivity contribution in [3.63, 3.8) is 0 Å². The lowest BCUT2D eigenvalue weighted by atomic mass is 10.1. The van der Waals surface area contributed by atoms with Crippen LogP contribution in [0.25, 0.3) is 0 Å². The second-order valence-corrected chi connectivity index (χ2v) is 8.07. The summed E-state index contributed by atoms with van der Waals surface area (Å²) < 4.78 is 17.0. The molecule has 8 heteroatoms. The van der Waals surface area contributed by atoms with Gasteiger partial charge in [-0.25, -0.2) is 0 Å². The lowest BCUT2D eigenvalue weighted by Crippen LogP contribution is -2.37. The number of carbonyl (C=O) groups is 2. The fourth-order valence-corrected chi connectivity index (χ4v) is 3.98. The van der Waals surface area contributed by atoms with E-state index in [1.165, 1.54) is 0 Å². The number of carboxylic acids is 1. The first-order valence-corrected chi connectivity index (χ1v) is 11.2. The number of ether oxygens (including phenoxy) is 3. The Kier molecular flexibility index (Phi) is 8.95. The Bertz CT molecular complexity index is 962. The molecule has 0 saturated carbocycles. The van der Waals surface area contributed by atoms with Crippen molar-refractivity contribution >= 4 is 11.9 Å². The fraction of sp³-hybridized carbons (Fsp3) is 0.440. The van der Waals surface area contributed by atoms with Crippen molar-refractivity contribution in [1.29, 1.82) is 0 Å². The molecule has 0 saturated heterocycles. The third-order valence-corrected chi connectivity index (χ3v) is 5.52. The van der Waals surface area contributed by atoms with Gasteiger partial charge in [0.2, 0.25) is 5.91 Å². The van der Waals surface area contributed by atoms with E-state index in [0.717, 1.165) is 30.4 Å². The molecule has 2 aromatic carbocycles. The monoisotopic (exact) mass is 456 g/mol. The predicted molar refractivity (Wildman–Crippen MR) is 124 cm³/mol. The van der Waals surface area contributed by atoms with Gasteiger partial charge in [-0.05, 0) is 37.0 Å². The molecule has 1 aliphatic rings. The maximum Gasteiger partial charge on any atom is 0.307 e. The number of carboxylic acid groups (broad SMARTS) is 1. The summed E-state index contributed by atoms with van der Waals surface area (Å²) in [6.07, 6.45) is 2.66. The Morgan fingerprint density at radius 1 is 1.12 bits per heavy atom. The van der Waals surface area contributed by atoms with E-state index in [4.69, 9.17) is 14.2 Å². The highest BCUT2D eigenvalue weighted by molar-refractivity contribution is 5.78. The molecule has 1 heterocycles. The molecule has 0 spiro atoms. The van der Waals surface area contributed by atoms with E-state index in [9.17, 15) is 14.7 Å².